The smallest absolute Gasteiger partial charge is 0.252 e. The zero-order chi connectivity index (χ0) is 51.1. The van der Waals surface area contributed by atoms with E-state index in [9.17, 15) is 0 Å². The van der Waals surface area contributed by atoms with E-state index in [0.717, 1.165) is 36.3 Å². The second-order valence-electron chi connectivity index (χ2n) is 25.8. The number of nitrogens with zero attached hydrogens (tertiary/aromatic N) is 3. The minimum Gasteiger partial charge on any atom is -0.311 e. The van der Waals surface area contributed by atoms with Gasteiger partial charge in [-0.3, -0.25) is 0 Å². The number of hydrogen-bond acceptors (Lipinski definition) is 3. The van der Waals surface area contributed by atoms with Crippen molar-refractivity contribution in [2.24, 2.45) is 0 Å². The molecule has 0 saturated heterocycles. The summed E-state index contributed by atoms with van der Waals surface area (Å²) in [5.41, 5.74) is 27.2. The summed E-state index contributed by atoms with van der Waals surface area (Å²) in [6, 6.07) is 63.1. The van der Waals surface area contributed by atoms with Crippen molar-refractivity contribution >= 4 is 74.3 Å². The van der Waals surface area contributed by atoms with Crippen LogP contribution in [0, 0.1) is 13.8 Å². The number of hydrogen-bond donors (Lipinski definition) is 0. The molecule has 0 atom stereocenters. The summed E-state index contributed by atoms with van der Waals surface area (Å²) in [5.74, 6) is 0. The fourth-order valence-electron chi connectivity index (χ4n) is 13.8. The summed E-state index contributed by atoms with van der Waals surface area (Å²) >= 11 is 0. The lowest BCUT2D eigenvalue weighted by atomic mass is 9.33. The van der Waals surface area contributed by atoms with E-state index in [-0.39, 0.29) is 33.8 Å². The Balaban J connectivity index is 1.26. The molecule has 0 aromatic heterocycles. The van der Waals surface area contributed by atoms with Crippen molar-refractivity contribution in [1.82, 2.24) is 0 Å². The minimum atomic E-state index is -0.0737. The maximum atomic E-state index is 2.73. The van der Waals surface area contributed by atoms with E-state index in [4.69, 9.17) is 0 Å². The van der Waals surface area contributed by atoms with Gasteiger partial charge in [0.15, 0.2) is 0 Å². The van der Waals surface area contributed by atoms with E-state index in [1.807, 2.05) is 0 Å². The van der Waals surface area contributed by atoms with Crippen LogP contribution in [0.5, 0.6) is 0 Å². The summed E-state index contributed by atoms with van der Waals surface area (Å²) in [4.78, 5) is 7.87. The number of fused-ring (bicyclic) bond motifs is 6. The Kier molecular flexibility index (Phi) is 10.6. The Morgan fingerprint density at radius 3 is 1.48 bits per heavy atom. The normalized spacial score (nSPS) is 17.3. The zero-order valence-electron chi connectivity index (χ0n) is 45.6. The van der Waals surface area contributed by atoms with Gasteiger partial charge < -0.3 is 14.7 Å². The van der Waals surface area contributed by atoms with E-state index < -0.39 is 0 Å². The summed E-state index contributed by atoms with van der Waals surface area (Å²) in [6.07, 6.45) is 3.43. The first-order valence-electron chi connectivity index (χ1n) is 27.0. The van der Waals surface area contributed by atoms with Crippen LogP contribution in [0.15, 0.2) is 164 Å². The summed E-state index contributed by atoms with van der Waals surface area (Å²) < 4.78 is 0. The van der Waals surface area contributed by atoms with Crippen LogP contribution >= 0.6 is 0 Å². The van der Waals surface area contributed by atoms with Crippen LogP contribution in [-0.2, 0) is 27.1 Å². The molecule has 2 aliphatic heterocycles. The lowest BCUT2D eigenvalue weighted by Crippen LogP contribution is -2.62. The molecule has 2 heterocycles. The van der Waals surface area contributed by atoms with Crippen molar-refractivity contribution in [2.45, 2.75) is 136 Å². The number of aryl methyl sites for hydroxylation is 2. The van der Waals surface area contributed by atoms with Gasteiger partial charge in [0.05, 0.1) is 5.69 Å². The SMILES string of the molecule is Cc1ccc(-c2ccccc2)cc1N1c2cc(C(C)(C)C)ccc2B2c3cc4c(cc3N(c3cc5c(cc3C)C(C)(C)CC5(C)C)c3cc(N(c5ccccc5)c5ccccc5)cc1c32)C(C)(C)CCC4(C)C. The molecule has 0 N–H and O–H groups in total. The number of para-hydroxylation sites is 2. The number of rotatable bonds is 6. The highest BCUT2D eigenvalue weighted by atomic mass is 15.2. The lowest BCUT2D eigenvalue weighted by molar-refractivity contribution is 0.332. The third kappa shape index (κ3) is 7.52. The first-order chi connectivity index (χ1) is 34.6. The average molecular weight is 954 g/mol. The summed E-state index contributed by atoms with van der Waals surface area (Å²) in [7, 11) is 0. The highest BCUT2D eigenvalue weighted by Crippen LogP contribution is 2.56. The van der Waals surface area contributed by atoms with Crippen LogP contribution in [0.1, 0.15) is 134 Å². The monoisotopic (exact) mass is 954 g/mol. The molecule has 4 aliphatic rings. The third-order valence-electron chi connectivity index (χ3n) is 17.7. The molecule has 2 aliphatic carbocycles. The van der Waals surface area contributed by atoms with E-state index in [0.29, 0.717) is 0 Å². The van der Waals surface area contributed by atoms with Crippen molar-refractivity contribution in [3.05, 3.63) is 203 Å². The molecule has 0 saturated carbocycles. The molecule has 4 heteroatoms. The molecule has 8 aromatic rings. The minimum absolute atomic E-state index is 0.0133. The number of anilines is 9. The fourth-order valence-corrected chi connectivity index (χ4v) is 13.8. The number of benzene rings is 8. The van der Waals surface area contributed by atoms with Gasteiger partial charge in [-0.15, -0.1) is 0 Å². The fraction of sp³-hybridized carbons (Fsp3) is 0.304. The molecule has 0 radical (unpaired) electrons. The third-order valence-corrected chi connectivity index (χ3v) is 17.7. The molecular formula is C69H72BN3. The van der Waals surface area contributed by atoms with Gasteiger partial charge in [0, 0.05) is 45.5 Å². The van der Waals surface area contributed by atoms with Gasteiger partial charge in [0.25, 0.3) is 6.71 Å². The van der Waals surface area contributed by atoms with Crippen molar-refractivity contribution in [3.8, 4) is 11.1 Å². The van der Waals surface area contributed by atoms with Crippen LogP contribution in [0.25, 0.3) is 11.1 Å². The molecular weight excluding hydrogens is 882 g/mol. The van der Waals surface area contributed by atoms with Crippen molar-refractivity contribution in [1.29, 1.82) is 0 Å². The molecule has 12 rings (SSSR count). The van der Waals surface area contributed by atoms with E-state index in [2.05, 4.69) is 269 Å². The second-order valence-corrected chi connectivity index (χ2v) is 25.8. The van der Waals surface area contributed by atoms with Gasteiger partial charge in [-0.25, -0.2) is 0 Å². The Morgan fingerprint density at radius 1 is 0.411 bits per heavy atom. The first-order valence-corrected chi connectivity index (χ1v) is 27.0. The van der Waals surface area contributed by atoms with E-state index >= 15 is 0 Å². The molecule has 0 amide bonds. The Morgan fingerprint density at radius 2 is 0.904 bits per heavy atom. The predicted octanol–water partition coefficient (Wildman–Crippen LogP) is 17.1. The van der Waals surface area contributed by atoms with Crippen molar-refractivity contribution in [2.75, 3.05) is 14.7 Å². The zero-order valence-corrected chi connectivity index (χ0v) is 45.6. The maximum absolute atomic E-state index is 2.73. The second kappa shape index (κ2) is 16.4. The molecule has 366 valence electrons. The standard InChI is InChI=1S/C69H72BN3/c1-44-29-30-47(46-23-17-14-18-24-46)36-58(44)72-60-37-48(65(3,4)5)31-32-56(60)70-57-40-53-54(67(8,9)34-33-66(53,6)7)42-61(57)73(59-41-55-52(35-45(59)2)68(10,11)43-69(55,12)13)63-39-51(38-62(72)64(63)70)71(49-25-19-15-20-26-49)50-27-21-16-22-28-50/h14-32,35-42H,33-34,43H2,1-13H3. The van der Waals surface area contributed by atoms with Gasteiger partial charge in [-0.05, 0) is 187 Å². The summed E-state index contributed by atoms with van der Waals surface area (Å²) in [6.45, 7) is 31.5. The molecule has 3 nitrogen and oxygen atoms in total. The first kappa shape index (κ1) is 47.2. The van der Waals surface area contributed by atoms with Crippen LogP contribution in [0.4, 0.5) is 51.2 Å². The molecule has 0 unspecified atom stereocenters. The molecule has 8 aromatic carbocycles. The van der Waals surface area contributed by atoms with Gasteiger partial charge in [-0.2, -0.15) is 0 Å². The Labute approximate surface area is 437 Å². The molecule has 0 bridgehead atoms. The quantitative estimate of drug-likeness (QED) is 0.154. The van der Waals surface area contributed by atoms with Crippen molar-refractivity contribution in [3.63, 3.8) is 0 Å². The topological polar surface area (TPSA) is 9.72 Å². The Bertz CT molecular complexity index is 3460. The highest BCUT2D eigenvalue weighted by Gasteiger charge is 2.49. The van der Waals surface area contributed by atoms with Crippen LogP contribution in [0.3, 0.4) is 0 Å². The van der Waals surface area contributed by atoms with Crippen LogP contribution in [-0.4, -0.2) is 6.71 Å². The largest absolute Gasteiger partial charge is 0.311 e. The van der Waals surface area contributed by atoms with Crippen LogP contribution < -0.4 is 31.1 Å². The lowest BCUT2D eigenvalue weighted by Gasteiger charge is -2.48. The molecule has 0 fully saturated rings. The predicted molar refractivity (Wildman–Crippen MR) is 315 cm³/mol. The summed E-state index contributed by atoms with van der Waals surface area (Å²) in [5, 5.41) is 0. The van der Waals surface area contributed by atoms with Gasteiger partial charge in [-0.1, -0.05) is 179 Å². The molecule has 73 heavy (non-hydrogen) atoms. The van der Waals surface area contributed by atoms with E-state index in [1.165, 1.54) is 101 Å². The Hall–Kier alpha value is -6.78. The van der Waals surface area contributed by atoms with Gasteiger partial charge in [0.2, 0.25) is 0 Å². The van der Waals surface area contributed by atoms with Gasteiger partial charge in [0.1, 0.15) is 0 Å². The average Bonchev–Trinajstić information content (AvgIpc) is 3.54. The highest BCUT2D eigenvalue weighted by molar-refractivity contribution is 7.00. The maximum Gasteiger partial charge on any atom is 0.252 e. The molecule has 0 spiro atoms. The van der Waals surface area contributed by atoms with Crippen molar-refractivity contribution < 1.29 is 0 Å². The van der Waals surface area contributed by atoms with Gasteiger partial charge >= 0.3 is 0 Å². The van der Waals surface area contributed by atoms with Crippen LogP contribution in [0.2, 0.25) is 0 Å². The van der Waals surface area contributed by atoms with E-state index in [1.54, 1.807) is 0 Å².